The molecule has 2 aromatic rings. The highest BCUT2D eigenvalue weighted by Gasteiger charge is 2.14. The van der Waals surface area contributed by atoms with E-state index in [1.54, 1.807) is 0 Å². The van der Waals surface area contributed by atoms with Gasteiger partial charge in [0, 0.05) is 13.1 Å². The highest BCUT2D eigenvalue weighted by Crippen LogP contribution is 2.12. The Bertz CT molecular complexity index is 620. The average molecular weight is 332 g/mol. The van der Waals surface area contributed by atoms with Crippen molar-refractivity contribution in [2.24, 2.45) is 0 Å². The van der Waals surface area contributed by atoms with Crippen molar-refractivity contribution in [1.82, 2.24) is 19.8 Å². The van der Waals surface area contributed by atoms with Gasteiger partial charge in [-0.05, 0) is 42.2 Å². The maximum Gasteiger partial charge on any atom is 0.265 e. The minimum absolute atomic E-state index is 0.0935. The summed E-state index contributed by atoms with van der Waals surface area (Å²) in [6.07, 6.45) is 0.722. The van der Waals surface area contributed by atoms with Crippen LogP contribution in [0.2, 0.25) is 0 Å². The predicted octanol–water partition coefficient (Wildman–Crippen LogP) is 2.87. The van der Waals surface area contributed by atoms with Crippen LogP contribution in [0, 0.1) is 0 Å². The summed E-state index contributed by atoms with van der Waals surface area (Å²) in [5.41, 5.74) is 3.16. The van der Waals surface area contributed by atoms with E-state index in [0.29, 0.717) is 11.4 Å². The highest BCUT2D eigenvalue weighted by molar-refractivity contribution is 7.08. The summed E-state index contributed by atoms with van der Waals surface area (Å²) < 4.78 is 3.85. The molecule has 0 aliphatic rings. The molecule has 1 heterocycles. The third-order valence-electron chi connectivity index (χ3n) is 3.87. The molecule has 0 bridgehead atoms. The number of benzene rings is 1. The lowest BCUT2D eigenvalue weighted by molar-refractivity contribution is 0.0954. The number of carbonyl (C=O) groups is 1. The Balaban J connectivity index is 1.90. The van der Waals surface area contributed by atoms with E-state index in [0.717, 1.165) is 48.8 Å². The molecule has 0 aliphatic carbocycles. The third-order valence-corrected chi connectivity index (χ3v) is 4.64. The Labute approximate surface area is 141 Å². The second kappa shape index (κ2) is 8.74. The molecule has 0 saturated carbocycles. The average Bonchev–Trinajstić information content (AvgIpc) is 3.07. The monoisotopic (exact) mass is 332 g/mol. The molecule has 1 N–H and O–H groups in total. The number of aryl methyl sites for hydroxylation is 1. The van der Waals surface area contributed by atoms with Crippen LogP contribution >= 0.6 is 11.5 Å². The first-order valence-electron chi connectivity index (χ1n) is 8.07. The van der Waals surface area contributed by atoms with Crippen molar-refractivity contribution in [2.45, 2.75) is 40.3 Å². The number of rotatable bonds is 8. The van der Waals surface area contributed by atoms with E-state index in [1.165, 1.54) is 5.56 Å². The van der Waals surface area contributed by atoms with E-state index < -0.39 is 0 Å². The summed E-state index contributed by atoms with van der Waals surface area (Å²) in [4.78, 5) is 15.2. The Morgan fingerprint density at radius 1 is 1.13 bits per heavy atom. The third kappa shape index (κ3) is 4.84. The Hall–Kier alpha value is -1.79. The Morgan fingerprint density at radius 3 is 2.39 bits per heavy atom. The number of amides is 1. The van der Waals surface area contributed by atoms with Gasteiger partial charge in [0.2, 0.25) is 0 Å². The number of carbonyl (C=O) groups excluding carboxylic acids is 1. The molecule has 2 rings (SSSR count). The molecule has 1 amide bonds. The van der Waals surface area contributed by atoms with Gasteiger partial charge in [0.1, 0.15) is 4.88 Å². The van der Waals surface area contributed by atoms with Gasteiger partial charge >= 0.3 is 0 Å². The van der Waals surface area contributed by atoms with Crippen molar-refractivity contribution in [3.05, 3.63) is 46.0 Å². The van der Waals surface area contributed by atoms with Gasteiger partial charge in [-0.1, -0.05) is 49.5 Å². The SMILES string of the molecule is CCc1nnsc1C(=O)NCc1ccc(CN(CC)CC)cc1. The highest BCUT2D eigenvalue weighted by atomic mass is 32.1. The minimum Gasteiger partial charge on any atom is -0.347 e. The van der Waals surface area contributed by atoms with Crippen molar-refractivity contribution < 1.29 is 4.79 Å². The molecule has 1 aromatic heterocycles. The molecule has 0 spiro atoms. The lowest BCUT2D eigenvalue weighted by Gasteiger charge is -2.18. The van der Waals surface area contributed by atoms with Crippen LogP contribution in [0.5, 0.6) is 0 Å². The smallest absolute Gasteiger partial charge is 0.265 e. The fraction of sp³-hybridized carbons (Fsp3) is 0.471. The summed E-state index contributed by atoms with van der Waals surface area (Å²) in [7, 11) is 0. The zero-order chi connectivity index (χ0) is 16.7. The van der Waals surface area contributed by atoms with Gasteiger partial charge in [-0.2, -0.15) is 0 Å². The van der Waals surface area contributed by atoms with Gasteiger partial charge < -0.3 is 5.32 Å². The van der Waals surface area contributed by atoms with E-state index in [1.807, 2.05) is 6.92 Å². The van der Waals surface area contributed by atoms with E-state index in [2.05, 4.69) is 57.9 Å². The number of nitrogens with one attached hydrogen (secondary N) is 1. The maximum atomic E-state index is 12.2. The topological polar surface area (TPSA) is 58.1 Å². The van der Waals surface area contributed by atoms with Crippen LogP contribution in [-0.4, -0.2) is 33.5 Å². The summed E-state index contributed by atoms with van der Waals surface area (Å²) in [5.74, 6) is -0.0935. The standard InChI is InChI=1S/C17H24N4OS/c1-4-15-16(23-20-19-15)17(22)18-11-13-7-9-14(10-8-13)12-21(5-2)6-3/h7-10H,4-6,11-12H2,1-3H3,(H,18,22). The summed E-state index contributed by atoms with van der Waals surface area (Å²) >= 11 is 1.15. The molecule has 0 atom stereocenters. The van der Waals surface area contributed by atoms with Crippen molar-refractivity contribution in [3.8, 4) is 0 Å². The molecular weight excluding hydrogens is 308 g/mol. The van der Waals surface area contributed by atoms with Crippen LogP contribution < -0.4 is 5.32 Å². The number of hydrogen-bond acceptors (Lipinski definition) is 5. The van der Waals surface area contributed by atoms with E-state index in [4.69, 9.17) is 0 Å². The van der Waals surface area contributed by atoms with E-state index >= 15 is 0 Å². The van der Waals surface area contributed by atoms with Gasteiger partial charge in [0.15, 0.2) is 0 Å². The molecule has 0 unspecified atom stereocenters. The lowest BCUT2D eigenvalue weighted by Crippen LogP contribution is -2.23. The molecular formula is C17H24N4OS. The van der Waals surface area contributed by atoms with Crippen molar-refractivity contribution in [1.29, 1.82) is 0 Å². The van der Waals surface area contributed by atoms with Crippen molar-refractivity contribution in [2.75, 3.05) is 13.1 Å². The fourth-order valence-electron chi connectivity index (χ4n) is 2.34. The van der Waals surface area contributed by atoms with Crippen molar-refractivity contribution in [3.63, 3.8) is 0 Å². The van der Waals surface area contributed by atoms with Gasteiger partial charge in [-0.3, -0.25) is 9.69 Å². The normalized spacial score (nSPS) is 11.0. The zero-order valence-electron chi connectivity index (χ0n) is 14.0. The largest absolute Gasteiger partial charge is 0.347 e. The molecule has 0 saturated heterocycles. The van der Waals surface area contributed by atoms with Gasteiger partial charge in [-0.15, -0.1) is 5.10 Å². The van der Waals surface area contributed by atoms with Crippen LogP contribution in [0.1, 0.15) is 47.3 Å². The second-order valence-electron chi connectivity index (χ2n) is 5.36. The maximum absolute atomic E-state index is 12.2. The lowest BCUT2D eigenvalue weighted by atomic mass is 10.1. The first-order valence-corrected chi connectivity index (χ1v) is 8.84. The van der Waals surface area contributed by atoms with Gasteiger partial charge in [0.05, 0.1) is 5.69 Å². The van der Waals surface area contributed by atoms with Crippen LogP contribution in [0.25, 0.3) is 0 Å². The summed E-state index contributed by atoms with van der Waals surface area (Å²) in [5, 5.41) is 6.91. The van der Waals surface area contributed by atoms with Gasteiger partial charge in [0.25, 0.3) is 5.91 Å². The Morgan fingerprint density at radius 2 is 1.78 bits per heavy atom. The predicted molar refractivity (Wildman–Crippen MR) is 93.5 cm³/mol. The molecule has 0 aliphatic heterocycles. The van der Waals surface area contributed by atoms with Crippen molar-refractivity contribution >= 4 is 17.4 Å². The fourth-order valence-corrected chi connectivity index (χ4v) is 3.01. The summed E-state index contributed by atoms with van der Waals surface area (Å²) in [6.45, 7) is 9.91. The Kier molecular flexibility index (Phi) is 6.67. The molecule has 124 valence electrons. The van der Waals surface area contributed by atoms with Crippen LogP contribution in [0.15, 0.2) is 24.3 Å². The van der Waals surface area contributed by atoms with Crippen LogP contribution in [-0.2, 0) is 19.5 Å². The number of aromatic nitrogens is 2. The second-order valence-corrected chi connectivity index (χ2v) is 6.12. The molecule has 0 fully saturated rings. The molecule has 6 heteroatoms. The summed E-state index contributed by atoms with van der Waals surface area (Å²) in [6, 6.07) is 8.41. The molecule has 5 nitrogen and oxygen atoms in total. The first-order chi connectivity index (χ1) is 11.2. The van der Waals surface area contributed by atoms with Crippen LogP contribution in [0.4, 0.5) is 0 Å². The zero-order valence-corrected chi connectivity index (χ0v) is 14.8. The molecule has 1 aromatic carbocycles. The quantitative estimate of drug-likeness (QED) is 0.807. The molecule has 23 heavy (non-hydrogen) atoms. The number of hydrogen-bond donors (Lipinski definition) is 1. The minimum atomic E-state index is -0.0935. The molecule has 0 radical (unpaired) electrons. The van der Waals surface area contributed by atoms with Crippen LogP contribution in [0.3, 0.4) is 0 Å². The van der Waals surface area contributed by atoms with E-state index in [-0.39, 0.29) is 5.91 Å². The van der Waals surface area contributed by atoms with Gasteiger partial charge in [-0.25, -0.2) is 0 Å². The number of nitrogens with zero attached hydrogens (tertiary/aromatic N) is 3. The van der Waals surface area contributed by atoms with E-state index in [9.17, 15) is 4.79 Å². The first kappa shape index (κ1) is 17.6.